The molecule has 4 aromatic rings. The molecule has 2 aliphatic rings. The van der Waals surface area contributed by atoms with E-state index in [0.29, 0.717) is 0 Å². The molecule has 0 aliphatic heterocycles. The van der Waals surface area contributed by atoms with Gasteiger partial charge in [0, 0.05) is 0 Å². The third-order valence-electron chi connectivity index (χ3n) is 7.93. The van der Waals surface area contributed by atoms with Crippen LogP contribution in [-0.2, 0) is 41.5 Å². The van der Waals surface area contributed by atoms with E-state index in [1.54, 1.807) is 0 Å². The molecule has 0 bridgehead atoms. The summed E-state index contributed by atoms with van der Waals surface area (Å²) in [6.07, 6.45) is 11.0. The molecular formula is C41H44Br2Cl2Zr. The predicted octanol–water partition coefficient (Wildman–Crippen LogP) is 12.7. The molecule has 0 radical (unpaired) electrons. The van der Waals surface area contributed by atoms with Crippen molar-refractivity contribution in [1.82, 2.24) is 0 Å². The van der Waals surface area contributed by atoms with E-state index in [0.717, 1.165) is 21.8 Å². The Hall–Kier alpha value is -1.35. The number of rotatable bonds is 2. The topological polar surface area (TPSA) is 0 Å². The first kappa shape index (κ1) is 40.8. The fourth-order valence-electron chi connectivity index (χ4n) is 5.76. The van der Waals surface area contributed by atoms with Gasteiger partial charge in [-0.1, -0.05) is 71.6 Å². The van der Waals surface area contributed by atoms with Crippen LogP contribution in [0.15, 0.2) is 93.9 Å². The van der Waals surface area contributed by atoms with Crippen LogP contribution in [0.5, 0.6) is 0 Å². The second-order valence-electron chi connectivity index (χ2n) is 13.6. The largest absolute Gasteiger partial charge is 0.273 e. The van der Waals surface area contributed by atoms with Crippen LogP contribution in [0.1, 0.15) is 92.5 Å². The van der Waals surface area contributed by atoms with E-state index in [1.807, 2.05) is 12.2 Å². The van der Waals surface area contributed by atoms with Gasteiger partial charge >= 0.3 is 128 Å². The first-order valence-corrected chi connectivity index (χ1v) is 18.0. The number of hydrogen-bond acceptors (Lipinski definition) is 0. The van der Waals surface area contributed by atoms with E-state index in [9.17, 15) is 0 Å². The Labute approximate surface area is 322 Å². The van der Waals surface area contributed by atoms with Crippen LogP contribution < -0.4 is 0 Å². The Balaban J connectivity index is 0.000000278. The third-order valence-corrected chi connectivity index (χ3v) is 10.4. The summed E-state index contributed by atoms with van der Waals surface area (Å²) in [5, 5.41) is 0. The monoisotopic (exact) mass is 854 g/mol. The van der Waals surface area contributed by atoms with Crippen LogP contribution in [0.2, 0.25) is 0 Å². The SMILES string of the molecule is Brc1ccc([C](=[Zr+2])c2ccc(Br)cc2)cc1.Cc1[c-]c2c(cc1C(C)(C)C)-c1cc(C(C)(C)C)c(C)cc1C2.Cl.Cl.[C-]1=CC=CC1. The Morgan fingerprint density at radius 1 is 0.717 bits per heavy atom. The summed E-state index contributed by atoms with van der Waals surface area (Å²) in [6.45, 7) is 18.2. The first-order valence-electron chi connectivity index (χ1n) is 15.2. The van der Waals surface area contributed by atoms with Gasteiger partial charge in [0.1, 0.15) is 0 Å². The number of fused-ring (bicyclic) bond motifs is 3. The van der Waals surface area contributed by atoms with E-state index in [1.165, 1.54) is 83.1 Å². The minimum absolute atomic E-state index is 0. The maximum atomic E-state index is 3.69. The number of hydrogen-bond donors (Lipinski definition) is 0. The van der Waals surface area contributed by atoms with Crippen molar-refractivity contribution in [3.05, 3.63) is 151 Å². The van der Waals surface area contributed by atoms with Crippen LogP contribution in [0.3, 0.4) is 0 Å². The molecule has 0 N–H and O–H groups in total. The molecule has 0 amide bonds. The van der Waals surface area contributed by atoms with Gasteiger partial charge in [-0.05, 0) is 35.4 Å². The number of benzene rings is 4. The maximum Gasteiger partial charge on any atom is -0.0129 e. The zero-order valence-electron chi connectivity index (χ0n) is 28.1. The molecule has 0 nitrogen and oxygen atoms in total. The zero-order valence-corrected chi connectivity index (χ0v) is 35.3. The van der Waals surface area contributed by atoms with E-state index < -0.39 is 0 Å². The van der Waals surface area contributed by atoms with E-state index in [2.05, 4.69) is 172 Å². The van der Waals surface area contributed by atoms with Crippen LogP contribution in [0.25, 0.3) is 11.1 Å². The Morgan fingerprint density at radius 2 is 1.22 bits per heavy atom. The molecule has 0 saturated heterocycles. The summed E-state index contributed by atoms with van der Waals surface area (Å²) in [6, 6.07) is 27.9. The smallest absolute Gasteiger partial charge is 0.0129 e. The normalized spacial score (nSPS) is 12.4. The predicted molar refractivity (Wildman–Crippen MR) is 208 cm³/mol. The van der Waals surface area contributed by atoms with Gasteiger partial charge in [-0.2, -0.15) is 23.8 Å². The van der Waals surface area contributed by atoms with Gasteiger partial charge in [0.25, 0.3) is 0 Å². The fourth-order valence-corrected chi connectivity index (χ4v) is 7.11. The second-order valence-corrected chi connectivity index (χ2v) is 16.7. The quantitative estimate of drug-likeness (QED) is 0.155. The molecule has 5 heteroatoms. The summed E-state index contributed by atoms with van der Waals surface area (Å²) in [5.41, 5.74) is 14.2. The number of halogens is 4. The number of aryl methyl sites for hydroxylation is 2. The summed E-state index contributed by atoms with van der Waals surface area (Å²) >= 11 is 8.34. The van der Waals surface area contributed by atoms with Gasteiger partial charge in [-0.25, -0.2) is 12.2 Å². The molecule has 0 aromatic heterocycles. The van der Waals surface area contributed by atoms with Crippen LogP contribution in [0, 0.1) is 26.0 Å². The summed E-state index contributed by atoms with van der Waals surface area (Å²) < 4.78 is 3.62. The Kier molecular flexibility index (Phi) is 15.4. The molecular weight excluding hydrogens is 814 g/mol. The average Bonchev–Trinajstić information content (AvgIpc) is 3.63. The van der Waals surface area contributed by atoms with Crippen molar-refractivity contribution in [2.45, 2.75) is 79.1 Å². The summed E-state index contributed by atoms with van der Waals surface area (Å²) in [5.74, 6) is 0. The molecule has 0 heterocycles. The van der Waals surface area contributed by atoms with Crippen molar-refractivity contribution in [3.63, 3.8) is 0 Å². The fraction of sp³-hybridized carbons (Fsp3) is 0.293. The van der Waals surface area contributed by atoms with Crippen molar-refractivity contribution < 1.29 is 24.2 Å². The molecule has 0 saturated carbocycles. The van der Waals surface area contributed by atoms with Gasteiger partial charge in [-0.15, -0.1) is 47.9 Å². The minimum Gasteiger partial charge on any atom is -0.273 e. The summed E-state index contributed by atoms with van der Waals surface area (Å²) in [4.78, 5) is 0. The van der Waals surface area contributed by atoms with Gasteiger partial charge in [0.15, 0.2) is 0 Å². The van der Waals surface area contributed by atoms with Gasteiger partial charge in [0.2, 0.25) is 0 Å². The maximum absolute atomic E-state index is 3.69. The van der Waals surface area contributed by atoms with Gasteiger partial charge in [0.05, 0.1) is 0 Å². The molecule has 2 aliphatic carbocycles. The van der Waals surface area contributed by atoms with Gasteiger partial charge in [-0.3, -0.25) is 6.08 Å². The van der Waals surface area contributed by atoms with Crippen molar-refractivity contribution in [3.8, 4) is 11.1 Å². The average molecular weight is 859 g/mol. The molecule has 6 rings (SSSR count). The van der Waals surface area contributed by atoms with Crippen molar-refractivity contribution in [2.75, 3.05) is 0 Å². The Morgan fingerprint density at radius 3 is 1.63 bits per heavy atom. The van der Waals surface area contributed by atoms with Crippen molar-refractivity contribution in [2.24, 2.45) is 0 Å². The third kappa shape index (κ3) is 10.6. The van der Waals surface area contributed by atoms with Crippen LogP contribution in [-0.4, -0.2) is 3.21 Å². The van der Waals surface area contributed by atoms with Crippen molar-refractivity contribution >= 4 is 59.9 Å². The van der Waals surface area contributed by atoms with E-state index in [-0.39, 0.29) is 35.6 Å². The standard InChI is InChI=1S/C23H29.C13H8Br2.C5H5.2ClH.Zr/c1-14-9-16-11-17-10-15(2)21(23(6,7)8)13-19(17)18(16)12-20(14)22(3,4)5;14-12-5-1-10(2-6-12)9-11-3-7-13(15)8-4-11;1-2-4-5-3-1;;;/h9,12-13H,11H2,1-8H3;1-8H;1-3H,4H2;2*1H;/q-1;;-1;;;+2. The van der Waals surface area contributed by atoms with Crippen molar-refractivity contribution in [1.29, 1.82) is 0 Å². The zero-order chi connectivity index (χ0) is 32.2. The van der Waals surface area contributed by atoms with E-state index >= 15 is 0 Å². The summed E-state index contributed by atoms with van der Waals surface area (Å²) in [7, 11) is 0. The van der Waals surface area contributed by atoms with Crippen LogP contribution in [0.4, 0.5) is 0 Å². The molecule has 0 spiro atoms. The molecule has 0 unspecified atom stereocenters. The van der Waals surface area contributed by atoms with E-state index in [4.69, 9.17) is 0 Å². The minimum atomic E-state index is 0. The molecule has 4 aromatic carbocycles. The van der Waals surface area contributed by atoms with Gasteiger partial charge < -0.3 is 0 Å². The Bertz CT molecular complexity index is 1580. The molecule has 240 valence electrons. The molecule has 0 fully saturated rings. The van der Waals surface area contributed by atoms with Crippen LogP contribution >= 0.6 is 56.7 Å². The second kappa shape index (κ2) is 17.4. The molecule has 0 atom stereocenters. The number of allylic oxidation sites excluding steroid dienone is 4. The first-order chi connectivity index (χ1) is 20.6. The molecule has 46 heavy (non-hydrogen) atoms.